The van der Waals surface area contributed by atoms with E-state index in [0.29, 0.717) is 13.2 Å². The highest BCUT2D eigenvalue weighted by molar-refractivity contribution is 5.88. The smallest absolute Gasteiger partial charge is 0.245 e. The topological polar surface area (TPSA) is 64.4 Å². The van der Waals surface area contributed by atoms with Crippen LogP contribution in [0.5, 0.6) is 0 Å². The molecule has 3 N–H and O–H groups in total. The van der Waals surface area contributed by atoms with Gasteiger partial charge in [0.05, 0.1) is 6.61 Å². The van der Waals surface area contributed by atoms with Gasteiger partial charge in [0, 0.05) is 12.3 Å². The van der Waals surface area contributed by atoms with Crippen LogP contribution in [0.15, 0.2) is 30.3 Å². The number of anilines is 1. The van der Waals surface area contributed by atoms with Crippen LogP contribution < -0.4 is 11.1 Å². The van der Waals surface area contributed by atoms with Gasteiger partial charge in [0.15, 0.2) is 0 Å². The summed E-state index contributed by atoms with van der Waals surface area (Å²) in [6, 6.07) is 9.60. The summed E-state index contributed by atoms with van der Waals surface area (Å²) in [6.45, 7) is 1.04. The number of nitrogens with one attached hydrogen (secondary N) is 1. The van der Waals surface area contributed by atoms with E-state index in [2.05, 4.69) is 5.32 Å². The quantitative estimate of drug-likeness (QED) is 0.802. The molecule has 1 saturated heterocycles. The molecule has 1 heterocycles. The number of benzene rings is 1. The van der Waals surface area contributed by atoms with Gasteiger partial charge in [-0.25, -0.2) is 0 Å². The van der Waals surface area contributed by atoms with Crippen LogP contribution in [0.2, 0.25) is 0 Å². The van der Waals surface area contributed by atoms with Crippen LogP contribution in [0, 0.1) is 0 Å². The minimum absolute atomic E-state index is 0.344. The van der Waals surface area contributed by atoms with Gasteiger partial charge in [-0.3, -0.25) is 4.79 Å². The molecule has 0 aromatic heterocycles. The molecule has 2 rings (SSSR count). The molecule has 1 atom stereocenters. The zero-order valence-corrected chi connectivity index (χ0v) is 9.11. The maximum atomic E-state index is 11.6. The van der Waals surface area contributed by atoms with E-state index < -0.39 is 5.54 Å². The van der Waals surface area contributed by atoms with Crippen LogP contribution in [0.3, 0.4) is 0 Å². The third-order valence-corrected chi connectivity index (χ3v) is 2.87. The lowest BCUT2D eigenvalue weighted by Gasteiger charge is -2.35. The molecule has 0 aliphatic carbocycles. The first-order valence-corrected chi connectivity index (χ1v) is 5.44. The number of carbonyl (C=O) groups is 1. The highest BCUT2D eigenvalue weighted by Crippen LogP contribution is 2.24. The van der Waals surface area contributed by atoms with Crippen molar-refractivity contribution in [3.8, 4) is 0 Å². The van der Waals surface area contributed by atoms with E-state index in [-0.39, 0.29) is 5.91 Å². The van der Waals surface area contributed by atoms with Crippen molar-refractivity contribution >= 4 is 11.6 Å². The van der Waals surface area contributed by atoms with E-state index in [9.17, 15) is 4.79 Å². The van der Waals surface area contributed by atoms with Gasteiger partial charge < -0.3 is 15.8 Å². The minimum Gasteiger partial charge on any atom is -0.378 e. The summed E-state index contributed by atoms with van der Waals surface area (Å²) < 4.78 is 5.36. The molecule has 1 aliphatic rings. The van der Waals surface area contributed by atoms with Crippen LogP contribution in [0.25, 0.3) is 0 Å². The zero-order valence-electron chi connectivity index (χ0n) is 9.11. The van der Waals surface area contributed by atoms with E-state index in [1.54, 1.807) is 0 Å². The summed E-state index contributed by atoms with van der Waals surface area (Å²) in [5.41, 5.74) is 5.61. The standard InChI is InChI=1S/C12H16N2O2/c13-11(15)12(7-4-8-16-9-12)14-10-5-2-1-3-6-10/h1-3,5-6,14H,4,7-9H2,(H2,13,15). The van der Waals surface area contributed by atoms with Crippen molar-refractivity contribution in [2.75, 3.05) is 18.5 Å². The van der Waals surface area contributed by atoms with Gasteiger partial charge >= 0.3 is 0 Å². The maximum absolute atomic E-state index is 11.6. The molecule has 16 heavy (non-hydrogen) atoms. The normalized spacial score (nSPS) is 25.0. The number of amides is 1. The van der Waals surface area contributed by atoms with Crippen LogP contribution in [0.1, 0.15) is 12.8 Å². The lowest BCUT2D eigenvalue weighted by molar-refractivity contribution is -0.126. The predicted octanol–water partition coefficient (Wildman–Crippen LogP) is 1.13. The summed E-state index contributed by atoms with van der Waals surface area (Å²) in [5, 5.41) is 3.19. The molecule has 1 amide bonds. The summed E-state index contributed by atoms with van der Waals surface area (Å²) >= 11 is 0. The first-order valence-electron chi connectivity index (χ1n) is 5.44. The lowest BCUT2D eigenvalue weighted by Crippen LogP contribution is -2.56. The van der Waals surface area contributed by atoms with Crippen molar-refractivity contribution in [2.45, 2.75) is 18.4 Å². The molecular weight excluding hydrogens is 204 g/mol. The molecule has 86 valence electrons. The number of hydrogen-bond acceptors (Lipinski definition) is 3. The molecule has 1 unspecified atom stereocenters. The van der Waals surface area contributed by atoms with Crippen molar-refractivity contribution < 1.29 is 9.53 Å². The number of primary amides is 1. The molecule has 4 nitrogen and oxygen atoms in total. The van der Waals surface area contributed by atoms with Gasteiger partial charge in [0.1, 0.15) is 5.54 Å². The van der Waals surface area contributed by atoms with Crippen molar-refractivity contribution in [1.82, 2.24) is 0 Å². The first-order chi connectivity index (χ1) is 7.73. The van der Waals surface area contributed by atoms with Gasteiger partial charge in [0.2, 0.25) is 5.91 Å². The first kappa shape index (κ1) is 11.0. The van der Waals surface area contributed by atoms with Crippen molar-refractivity contribution in [1.29, 1.82) is 0 Å². The third-order valence-electron chi connectivity index (χ3n) is 2.87. The second-order valence-electron chi connectivity index (χ2n) is 4.09. The number of carbonyl (C=O) groups excluding carboxylic acids is 1. The van der Waals surface area contributed by atoms with Crippen molar-refractivity contribution in [2.24, 2.45) is 5.73 Å². The Morgan fingerprint density at radius 2 is 2.12 bits per heavy atom. The highest BCUT2D eigenvalue weighted by atomic mass is 16.5. The number of hydrogen-bond donors (Lipinski definition) is 2. The molecule has 0 radical (unpaired) electrons. The van der Waals surface area contributed by atoms with Gasteiger partial charge in [-0.1, -0.05) is 18.2 Å². The Bertz CT molecular complexity index is 359. The molecule has 0 bridgehead atoms. The predicted molar refractivity (Wildman–Crippen MR) is 62.0 cm³/mol. The monoisotopic (exact) mass is 220 g/mol. The minimum atomic E-state index is -0.750. The summed E-state index contributed by atoms with van der Waals surface area (Å²) in [5.74, 6) is -0.351. The largest absolute Gasteiger partial charge is 0.378 e. The fourth-order valence-corrected chi connectivity index (χ4v) is 1.95. The SMILES string of the molecule is NC(=O)C1(Nc2ccccc2)CCCOC1. The Morgan fingerprint density at radius 3 is 2.69 bits per heavy atom. The molecule has 0 saturated carbocycles. The van der Waals surface area contributed by atoms with Crippen LogP contribution in [0.4, 0.5) is 5.69 Å². The highest BCUT2D eigenvalue weighted by Gasteiger charge is 2.38. The molecule has 1 fully saturated rings. The maximum Gasteiger partial charge on any atom is 0.245 e. The van der Waals surface area contributed by atoms with E-state index in [0.717, 1.165) is 18.5 Å². The molecule has 1 aromatic rings. The number of nitrogens with two attached hydrogens (primary N) is 1. The van der Waals surface area contributed by atoms with E-state index in [1.807, 2.05) is 30.3 Å². The van der Waals surface area contributed by atoms with Gasteiger partial charge in [-0.15, -0.1) is 0 Å². The Hall–Kier alpha value is -1.55. The van der Waals surface area contributed by atoms with Gasteiger partial charge in [-0.05, 0) is 25.0 Å². The van der Waals surface area contributed by atoms with Crippen LogP contribution in [-0.4, -0.2) is 24.7 Å². The van der Waals surface area contributed by atoms with Crippen LogP contribution >= 0.6 is 0 Å². The lowest BCUT2D eigenvalue weighted by atomic mass is 9.91. The molecule has 0 spiro atoms. The fraction of sp³-hybridized carbons (Fsp3) is 0.417. The summed E-state index contributed by atoms with van der Waals surface area (Å²) in [7, 11) is 0. The molecular formula is C12H16N2O2. The molecule has 1 aromatic carbocycles. The average molecular weight is 220 g/mol. The number of rotatable bonds is 3. The second-order valence-corrected chi connectivity index (χ2v) is 4.09. The zero-order chi connectivity index (χ0) is 11.4. The Labute approximate surface area is 94.8 Å². The van der Waals surface area contributed by atoms with E-state index >= 15 is 0 Å². The van der Waals surface area contributed by atoms with Gasteiger partial charge in [-0.2, -0.15) is 0 Å². The van der Waals surface area contributed by atoms with Crippen LogP contribution in [-0.2, 0) is 9.53 Å². The van der Waals surface area contributed by atoms with Crippen molar-refractivity contribution in [3.05, 3.63) is 30.3 Å². The molecule has 1 aliphatic heterocycles. The van der Waals surface area contributed by atoms with Gasteiger partial charge in [0.25, 0.3) is 0 Å². The summed E-state index contributed by atoms with van der Waals surface area (Å²) in [4.78, 5) is 11.6. The van der Waals surface area contributed by atoms with E-state index in [4.69, 9.17) is 10.5 Å². The Balaban J connectivity index is 2.17. The second kappa shape index (κ2) is 4.53. The number of para-hydroxylation sites is 1. The Morgan fingerprint density at radius 1 is 1.38 bits per heavy atom. The Kier molecular flexibility index (Phi) is 3.10. The molecule has 4 heteroatoms. The summed E-state index contributed by atoms with van der Waals surface area (Å²) in [6.07, 6.45) is 1.57. The number of ether oxygens (including phenoxy) is 1. The van der Waals surface area contributed by atoms with Crippen molar-refractivity contribution in [3.63, 3.8) is 0 Å². The van der Waals surface area contributed by atoms with E-state index in [1.165, 1.54) is 0 Å². The third kappa shape index (κ3) is 2.17. The fourth-order valence-electron chi connectivity index (χ4n) is 1.95. The average Bonchev–Trinajstić information content (AvgIpc) is 2.31.